The van der Waals surface area contributed by atoms with Crippen molar-refractivity contribution in [2.24, 2.45) is 0 Å². The highest BCUT2D eigenvalue weighted by Gasteiger charge is 2.19. The molecular weight excluding hydrogens is 214 g/mol. The second kappa shape index (κ2) is 7.31. The van der Waals surface area contributed by atoms with E-state index in [2.05, 4.69) is 22.0 Å². The van der Waals surface area contributed by atoms with Crippen molar-refractivity contribution in [3.8, 4) is 0 Å². The highest BCUT2D eigenvalue weighted by atomic mass is 16.5. The van der Waals surface area contributed by atoms with Crippen LogP contribution in [0.3, 0.4) is 0 Å². The largest absolute Gasteiger partial charge is 0.377 e. The average Bonchev–Trinajstić information content (AvgIpc) is 2.88. The number of hydrogen-bond donors (Lipinski definition) is 1. The monoisotopic (exact) mass is 241 g/mol. The highest BCUT2D eigenvalue weighted by molar-refractivity contribution is 4.73. The normalized spacial score (nSPS) is 26.8. The average molecular weight is 241 g/mol. The Morgan fingerprint density at radius 3 is 2.82 bits per heavy atom. The summed E-state index contributed by atoms with van der Waals surface area (Å²) in [4.78, 5) is 5.10. The molecule has 0 saturated carbocycles. The fourth-order valence-electron chi connectivity index (χ4n) is 2.67. The van der Waals surface area contributed by atoms with E-state index < -0.39 is 0 Å². The number of likely N-dealkylation sites (N-methyl/N-ethyl adjacent to an activating group) is 1. The van der Waals surface area contributed by atoms with Crippen LogP contribution < -0.4 is 5.32 Å². The van der Waals surface area contributed by atoms with E-state index >= 15 is 0 Å². The molecule has 4 heteroatoms. The summed E-state index contributed by atoms with van der Waals surface area (Å²) in [6.07, 6.45) is 3.00. The lowest BCUT2D eigenvalue weighted by Crippen LogP contribution is -2.47. The zero-order valence-corrected chi connectivity index (χ0v) is 11.2. The number of rotatable bonds is 6. The van der Waals surface area contributed by atoms with Gasteiger partial charge in [0.1, 0.15) is 0 Å². The molecule has 4 nitrogen and oxygen atoms in total. The molecule has 0 radical (unpaired) electrons. The molecule has 2 saturated heterocycles. The van der Waals surface area contributed by atoms with Gasteiger partial charge in [-0.15, -0.1) is 0 Å². The standard InChI is InChI=1S/C13H27N3O/c1-2-15(12-13-4-3-11-17-13)9-10-16-7-5-14-6-8-16/h13-14H,2-12H2,1H3. The van der Waals surface area contributed by atoms with Crippen LogP contribution in [0, 0.1) is 0 Å². The van der Waals surface area contributed by atoms with Gasteiger partial charge in [0.05, 0.1) is 6.10 Å². The van der Waals surface area contributed by atoms with Crippen LogP contribution in [0.1, 0.15) is 19.8 Å². The van der Waals surface area contributed by atoms with Crippen molar-refractivity contribution in [1.82, 2.24) is 15.1 Å². The van der Waals surface area contributed by atoms with Gasteiger partial charge in [-0.2, -0.15) is 0 Å². The third-order valence-corrected chi connectivity index (χ3v) is 3.88. The van der Waals surface area contributed by atoms with Crippen LogP contribution in [0.2, 0.25) is 0 Å². The zero-order chi connectivity index (χ0) is 11.9. The molecule has 0 aromatic carbocycles. The van der Waals surface area contributed by atoms with E-state index in [1.807, 2.05) is 0 Å². The predicted octanol–water partition coefficient (Wildman–Crippen LogP) is 0.393. The van der Waals surface area contributed by atoms with Gasteiger partial charge in [-0.25, -0.2) is 0 Å². The number of piperazine rings is 1. The topological polar surface area (TPSA) is 27.7 Å². The first-order chi connectivity index (χ1) is 8.38. The minimum absolute atomic E-state index is 0.498. The Hall–Kier alpha value is -0.160. The molecule has 1 atom stereocenters. The molecule has 0 bridgehead atoms. The number of hydrogen-bond acceptors (Lipinski definition) is 4. The number of nitrogens with one attached hydrogen (secondary N) is 1. The first-order valence-corrected chi connectivity index (χ1v) is 7.15. The van der Waals surface area contributed by atoms with E-state index in [-0.39, 0.29) is 0 Å². The maximum absolute atomic E-state index is 5.71. The Morgan fingerprint density at radius 2 is 2.18 bits per heavy atom. The van der Waals surface area contributed by atoms with Gasteiger partial charge in [0.25, 0.3) is 0 Å². The summed E-state index contributed by atoms with van der Waals surface area (Å²) in [5.74, 6) is 0. The van der Waals surface area contributed by atoms with E-state index in [0.717, 1.165) is 32.8 Å². The Morgan fingerprint density at radius 1 is 1.35 bits per heavy atom. The SMILES string of the molecule is CCN(CCN1CCNCC1)CC1CCCO1. The van der Waals surface area contributed by atoms with Gasteiger partial charge in [-0.1, -0.05) is 6.92 Å². The van der Waals surface area contributed by atoms with Crippen LogP contribution >= 0.6 is 0 Å². The number of nitrogens with zero attached hydrogens (tertiary/aromatic N) is 2. The van der Waals surface area contributed by atoms with Crippen LogP contribution in [-0.2, 0) is 4.74 Å². The Kier molecular flexibility index (Phi) is 5.71. The summed E-state index contributed by atoms with van der Waals surface area (Å²) in [5.41, 5.74) is 0. The molecule has 0 aromatic heterocycles. The third kappa shape index (κ3) is 4.54. The Labute approximate surface area is 105 Å². The molecule has 100 valence electrons. The van der Waals surface area contributed by atoms with Crippen LogP contribution in [0.15, 0.2) is 0 Å². The van der Waals surface area contributed by atoms with Gasteiger partial charge in [-0.05, 0) is 19.4 Å². The molecule has 2 rings (SSSR count). The van der Waals surface area contributed by atoms with Crippen molar-refractivity contribution in [2.45, 2.75) is 25.9 Å². The molecule has 0 aromatic rings. The maximum atomic E-state index is 5.71. The van der Waals surface area contributed by atoms with Crippen molar-refractivity contribution in [2.75, 3.05) is 59.0 Å². The van der Waals surface area contributed by atoms with E-state index in [4.69, 9.17) is 4.74 Å². The lowest BCUT2D eigenvalue weighted by Gasteiger charge is -2.30. The molecule has 2 aliphatic heterocycles. The third-order valence-electron chi connectivity index (χ3n) is 3.88. The quantitative estimate of drug-likeness (QED) is 0.728. The van der Waals surface area contributed by atoms with E-state index in [1.165, 1.54) is 39.0 Å². The lowest BCUT2D eigenvalue weighted by molar-refractivity contribution is 0.0702. The van der Waals surface area contributed by atoms with E-state index in [1.54, 1.807) is 0 Å². The minimum Gasteiger partial charge on any atom is -0.377 e. The minimum atomic E-state index is 0.498. The van der Waals surface area contributed by atoms with Crippen LogP contribution in [-0.4, -0.2) is 74.9 Å². The molecule has 2 fully saturated rings. The first-order valence-electron chi connectivity index (χ1n) is 7.15. The van der Waals surface area contributed by atoms with Gasteiger partial charge >= 0.3 is 0 Å². The van der Waals surface area contributed by atoms with E-state index in [9.17, 15) is 0 Å². The molecule has 1 unspecified atom stereocenters. The molecular formula is C13H27N3O. The highest BCUT2D eigenvalue weighted by Crippen LogP contribution is 2.13. The Bertz CT molecular complexity index is 201. The lowest BCUT2D eigenvalue weighted by atomic mass is 10.2. The fourth-order valence-corrected chi connectivity index (χ4v) is 2.67. The second-order valence-electron chi connectivity index (χ2n) is 5.12. The van der Waals surface area contributed by atoms with E-state index in [0.29, 0.717) is 6.10 Å². The maximum Gasteiger partial charge on any atom is 0.0702 e. The molecule has 0 spiro atoms. The van der Waals surface area contributed by atoms with Gasteiger partial charge in [0, 0.05) is 52.4 Å². The molecule has 2 aliphatic rings. The summed E-state index contributed by atoms with van der Waals surface area (Å²) in [6, 6.07) is 0. The first kappa shape index (κ1) is 13.3. The van der Waals surface area contributed by atoms with Crippen molar-refractivity contribution in [3.63, 3.8) is 0 Å². The number of ether oxygens (including phenoxy) is 1. The molecule has 2 heterocycles. The molecule has 1 N–H and O–H groups in total. The van der Waals surface area contributed by atoms with Crippen LogP contribution in [0.25, 0.3) is 0 Å². The zero-order valence-electron chi connectivity index (χ0n) is 11.2. The van der Waals surface area contributed by atoms with Gasteiger partial charge in [0.2, 0.25) is 0 Å². The van der Waals surface area contributed by atoms with Crippen molar-refractivity contribution in [3.05, 3.63) is 0 Å². The Balaban J connectivity index is 1.63. The molecule has 17 heavy (non-hydrogen) atoms. The summed E-state index contributed by atoms with van der Waals surface area (Å²) >= 11 is 0. The smallest absolute Gasteiger partial charge is 0.0702 e. The second-order valence-corrected chi connectivity index (χ2v) is 5.12. The fraction of sp³-hybridized carbons (Fsp3) is 1.00. The van der Waals surface area contributed by atoms with Gasteiger partial charge < -0.3 is 10.1 Å². The van der Waals surface area contributed by atoms with Crippen LogP contribution in [0.4, 0.5) is 0 Å². The summed E-state index contributed by atoms with van der Waals surface area (Å²) in [6.45, 7) is 12.6. The van der Waals surface area contributed by atoms with Crippen molar-refractivity contribution >= 4 is 0 Å². The predicted molar refractivity (Wildman–Crippen MR) is 70.4 cm³/mol. The van der Waals surface area contributed by atoms with Crippen LogP contribution in [0.5, 0.6) is 0 Å². The molecule has 0 aliphatic carbocycles. The summed E-state index contributed by atoms with van der Waals surface area (Å²) in [5, 5.41) is 3.40. The van der Waals surface area contributed by atoms with Crippen molar-refractivity contribution < 1.29 is 4.74 Å². The summed E-state index contributed by atoms with van der Waals surface area (Å²) < 4.78 is 5.71. The van der Waals surface area contributed by atoms with Gasteiger partial charge in [0.15, 0.2) is 0 Å². The van der Waals surface area contributed by atoms with Gasteiger partial charge in [-0.3, -0.25) is 9.80 Å². The summed E-state index contributed by atoms with van der Waals surface area (Å²) in [7, 11) is 0. The molecule has 0 amide bonds. The van der Waals surface area contributed by atoms with Crippen molar-refractivity contribution in [1.29, 1.82) is 0 Å².